The van der Waals surface area contributed by atoms with Crippen LogP contribution in [0.3, 0.4) is 0 Å². The second-order valence-corrected chi connectivity index (χ2v) is 6.94. The van der Waals surface area contributed by atoms with E-state index in [1.807, 2.05) is 31.2 Å². The van der Waals surface area contributed by atoms with E-state index < -0.39 is 18.5 Å². The Kier molecular flexibility index (Phi) is 6.46. The fourth-order valence-corrected chi connectivity index (χ4v) is 3.04. The fraction of sp³-hybridized carbons (Fsp3) is 0.273. The molecule has 8 heteroatoms. The van der Waals surface area contributed by atoms with E-state index in [1.54, 1.807) is 42.9 Å². The van der Waals surface area contributed by atoms with Crippen LogP contribution in [0.2, 0.25) is 0 Å². The summed E-state index contributed by atoms with van der Waals surface area (Å²) in [7, 11) is 3.34. The molecule has 156 valence electrons. The van der Waals surface area contributed by atoms with Crippen molar-refractivity contribution in [2.45, 2.75) is 19.9 Å². The van der Waals surface area contributed by atoms with Crippen LogP contribution >= 0.6 is 0 Å². The molecule has 0 atom stereocenters. The number of aryl methyl sites for hydroxylation is 1. The Morgan fingerprint density at radius 1 is 1.07 bits per heavy atom. The molecule has 1 aromatic heterocycles. The third-order valence-electron chi connectivity index (χ3n) is 4.52. The van der Waals surface area contributed by atoms with Gasteiger partial charge < -0.3 is 19.5 Å². The van der Waals surface area contributed by atoms with Crippen molar-refractivity contribution in [3.8, 4) is 0 Å². The monoisotopic (exact) mass is 408 g/mol. The predicted molar refractivity (Wildman–Crippen MR) is 113 cm³/mol. The minimum Gasteiger partial charge on any atom is -0.454 e. The second kappa shape index (κ2) is 9.21. The standard InChI is InChI=1S/C22H24N4O4/c1-4-19-24-17-7-5-6-8-18(17)26(19)13-21(28)30-14-20(27)23-16-11-9-15(10-12-16)22(29)25(2)3/h5-12H,4,13-14H2,1-3H3,(H,23,27). The van der Waals surface area contributed by atoms with Gasteiger partial charge in [0, 0.05) is 31.8 Å². The van der Waals surface area contributed by atoms with Gasteiger partial charge in [-0.2, -0.15) is 0 Å². The maximum absolute atomic E-state index is 12.3. The van der Waals surface area contributed by atoms with E-state index in [0.717, 1.165) is 16.9 Å². The Labute approximate surface area is 174 Å². The number of rotatable bonds is 7. The Bertz CT molecular complexity index is 1070. The third-order valence-corrected chi connectivity index (χ3v) is 4.52. The van der Waals surface area contributed by atoms with Crippen LogP contribution in [0.15, 0.2) is 48.5 Å². The van der Waals surface area contributed by atoms with Crippen LogP contribution in [0.25, 0.3) is 11.0 Å². The van der Waals surface area contributed by atoms with E-state index in [4.69, 9.17) is 4.74 Å². The number of carbonyl (C=O) groups is 3. The number of nitrogens with one attached hydrogen (secondary N) is 1. The molecule has 0 saturated carbocycles. The summed E-state index contributed by atoms with van der Waals surface area (Å²) in [5.41, 5.74) is 2.70. The summed E-state index contributed by atoms with van der Waals surface area (Å²) in [4.78, 5) is 42.2. The molecule has 0 bridgehead atoms. The van der Waals surface area contributed by atoms with Crippen molar-refractivity contribution >= 4 is 34.5 Å². The minimum atomic E-state index is -0.519. The molecule has 2 amide bonds. The molecule has 0 fully saturated rings. The lowest BCUT2D eigenvalue weighted by Gasteiger charge is -2.11. The highest BCUT2D eigenvalue weighted by Gasteiger charge is 2.15. The van der Waals surface area contributed by atoms with Crippen LogP contribution < -0.4 is 5.32 Å². The van der Waals surface area contributed by atoms with Gasteiger partial charge in [0.05, 0.1) is 11.0 Å². The average molecular weight is 408 g/mol. The Morgan fingerprint density at radius 3 is 2.43 bits per heavy atom. The van der Waals surface area contributed by atoms with Gasteiger partial charge in [-0.3, -0.25) is 14.4 Å². The van der Waals surface area contributed by atoms with Crippen LogP contribution in [0, 0.1) is 0 Å². The van der Waals surface area contributed by atoms with Gasteiger partial charge in [-0.05, 0) is 36.4 Å². The van der Waals surface area contributed by atoms with Gasteiger partial charge in [0.25, 0.3) is 11.8 Å². The number of fused-ring (bicyclic) bond motifs is 1. The van der Waals surface area contributed by atoms with E-state index in [2.05, 4.69) is 10.3 Å². The van der Waals surface area contributed by atoms with Gasteiger partial charge in [0.2, 0.25) is 0 Å². The first kappa shape index (κ1) is 21.0. The first-order valence-corrected chi connectivity index (χ1v) is 9.60. The topological polar surface area (TPSA) is 93.5 Å². The molecule has 3 rings (SSSR count). The number of para-hydroxylation sites is 2. The van der Waals surface area contributed by atoms with Gasteiger partial charge in [-0.1, -0.05) is 19.1 Å². The molecule has 1 heterocycles. The molecule has 0 aliphatic rings. The van der Waals surface area contributed by atoms with E-state index in [1.165, 1.54) is 4.90 Å². The molecule has 0 spiro atoms. The molecule has 0 radical (unpaired) electrons. The molecule has 0 aliphatic carbocycles. The highest BCUT2D eigenvalue weighted by Crippen LogP contribution is 2.16. The largest absolute Gasteiger partial charge is 0.454 e. The lowest BCUT2D eigenvalue weighted by Crippen LogP contribution is -2.24. The normalized spacial score (nSPS) is 10.6. The van der Waals surface area contributed by atoms with Crippen molar-refractivity contribution in [1.29, 1.82) is 0 Å². The number of aromatic nitrogens is 2. The van der Waals surface area contributed by atoms with Crippen molar-refractivity contribution in [2.24, 2.45) is 0 Å². The average Bonchev–Trinajstić information content (AvgIpc) is 3.10. The van der Waals surface area contributed by atoms with Crippen molar-refractivity contribution in [3.05, 3.63) is 59.9 Å². The number of anilines is 1. The van der Waals surface area contributed by atoms with E-state index in [0.29, 0.717) is 17.7 Å². The Hall–Kier alpha value is -3.68. The molecule has 3 aromatic rings. The Balaban J connectivity index is 1.55. The van der Waals surface area contributed by atoms with Crippen molar-refractivity contribution < 1.29 is 19.1 Å². The van der Waals surface area contributed by atoms with Crippen molar-refractivity contribution in [3.63, 3.8) is 0 Å². The lowest BCUT2D eigenvalue weighted by molar-refractivity contribution is -0.147. The van der Waals surface area contributed by atoms with Gasteiger partial charge in [0.1, 0.15) is 12.4 Å². The van der Waals surface area contributed by atoms with Crippen LogP contribution in [-0.2, 0) is 27.3 Å². The lowest BCUT2D eigenvalue weighted by atomic mass is 10.2. The van der Waals surface area contributed by atoms with Crippen molar-refractivity contribution in [1.82, 2.24) is 14.5 Å². The number of esters is 1. The van der Waals surface area contributed by atoms with E-state index >= 15 is 0 Å². The molecule has 0 saturated heterocycles. The summed E-state index contributed by atoms with van der Waals surface area (Å²) < 4.78 is 6.93. The van der Waals surface area contributed by atoms with Crippen LogP contribution in [-0.4, -0.2) is 52.9 Å². The maximum atomic E-state index is 12.3. The number of hydrogen-bond donors (Lipinski definition) is 1. The second-order valence-electron chi connectivity index (χ2n) is 6.94. The first-order valence-electron chi connectivity index (χ1n) is 9.60. The molecule has 30 heavy (non-hydrogen) atoms. The molecule has 0 aliphatic heterocycles. The SMILES string of the molecule is CCc1nc2ccccc2n1CC(=O)OCC(=O)Nc1ccc(C(=O)N(C)C)cc1. The molecule has 1 N–H and O–H groups in total. The molecular formula is C22H24N4O4. The molecule has 0 unspecified atom stereocenters. The zero-order valence-electron chi connectivity index (χ0n) is 17.2. The molecular weight excluding hydrogens is 384 g/mol. The Morgan fingerprint density at radius 2 is 1.77 bits per heavy atom. The van der Waals surface area contributed by atoms with Crippen LogP contribution in [0.5, 0.6) is 0 Å². The summed E-state index contributed by atoms with van der Waals surface area (Å²) in [6.07, 6.45) is 0.675. The summed E-state index contributed by atoms with van der Waals surface area (Å²) in [5, 5.41) is 2.64. The van der Waals surface area contributed by atoms with Crippen molar-refractivity contribution in [2.75, 3.05) is 26.0 Å². The fourth-order valence-electron chi connectivity index (χ4n) is 3.04. The van der Waals surface area contributed by atoms with Crippen LogP contribution in [0.1, 0.15) is 23.1 Å². The number of amides is 2. The predicted octanol–water partition coefficient (Wildman–Crippen LogP) is 2.48. The highest BCUT2D eigenvalue weighted by molar-refractivity contribution is 5.96. The van der Waals surface area contributed by atoms with Gasteiger partial charge >= 0.3 is 5.97 Å². The molecule has 2 aromatic carbocycles. The number of ether oxygens (including phenoxy) is 1. The molecule has 8 nitrogen and oxygen atoms in total. The smallest absolute Gasteiger partial charge is 0.326 e. The van der Waals surface area contributed by atoms with Gasteiger partial charge in [-0.25, -0.2) is 4.98 Å². The maximum Gasteiger partial charge on any atom is 0.326 e. The quantitative estimate of drug-likeness (QED) is 0.606. The third kappa shape index (κ3) is 4.83. The van der Waals surface area contributed by atoms with E-state index in [9.17, 15) is 14.4 Å². The summed E-state index contributed by atoms with van der Waals surface area (Å²) >= 11 is 0. The number of carbonyl (C=O) groups excluding carboxylic acids is 3. The summed E-state index contributed by atoms with van der Waals surface area (Å²) in [6.45, 7) is 1.55. The number of hydrogen-bond acceptors (Lipinski definition) is 5. The highest BCUT2D eigenvalue weighted by atomic mass is 16.5. The first-order chi connectivity index (χ1) is 14.4. The summed E-state index contributed by atoms with van der Waals surface area (Å²) in [5.74, 6) is -0.318. The van der Waals surface area contributed by atoms with Gasteiger partial charge in [-0.15, -0.1) is 0 Å². The number of imidazole rings is 1. The van der Waals surface area contributed by atoms with E-state index in [-0.39, 0.29) is 12.5 Å². The zero-order chi connectivity index (χ0) is 21.7. The van der Waals surface area contributed by atoms with Crippen LogP contribution in [0.4, 0.5) is 5.69 Å². The minimum absolute atomic E-state index is 0.0156. The zero-order valence-corrected chi connectivity index (χ0v) is 17.2. The number of nitrogens with zero attached hydrogens (tertiary/aromatic N) is 3. The number of benzene rings is 2. The van der Waals surface area contributed by atoms with Gasteiger partial charge in [0.15, 0.2) is 6.61 Å². The summed E-state index contributed by atoms with van der Waals surface area (Å²) in [6, 6.07) is 14.1.